The Morgan fingerprint density at radius 1 is 0.635 bits per heavy atom. The molecule has 3 aliphatic heterocycles. The van der Waals surface area contributed by atoms with Gasteiger partial charge in [-0.2, -0.15) is 11.8 Å². The number of nitrogens with zero attached hydrogens (tertiary/aromatic N) is 6. The molecule has 13 amide bonds. The van der Waals surface area contributed by atoms with Gasteiger partial charge in [-0.25, -0.2) is 0 Å². The molecule has 96 heavy (non-hydrogen) atoms. The van der Waals surface area contributed by atoms with E-state index in [1.807, 2.05) is 20.1 Å². The zero-order valence-corrected chi connectivity index (χ0v) is 56.6. The molecule has 3 fully saturated rings. The minimum Gasteiger partial charge on any atom is -0.370 e. The second-order valence-electron chi connectivity index (χ2n) is 25.1. The number of benzene rings is 2. The highest BCUT2D eigenvalue weighted by Gasteiger charge is 2.48. The van der Waals surface area contributed by atoms with Gasteiger partial charge in [0.05, 0.1) is 12.6 Å². The zero-order chi connectivity index (χ0) is 70.8. The van der Waals surface area contributed by atoms with Gasteiger partial charge in [-0.1, -0.05) is 74.5 Å². The molecule has 528 valence electrons. The molecule has 3 saturated heterocycles. The molecule has 0 saturated carbocycles. The molecule has 0 unspecified atom stereocenters. The number of likely N-dealkylation sites (N-methyl/N-ethyl adjacent to an activating group) is 2. The van der Waals surface area contributed by atoms with Crippen molar-refractivity contribution in [2.45, 2.75) is 183 Å². The first-order chi connectivity index (χ1) is 45.7. The highest BCUT2D eigenvalue weighted by atomic mass is 32.2. The summed E-state index contributed by atoms with van der Waals surface area (Å²) in [5.41, 5.74) is 35.3. The van der Waals surface area contributed by atoms with Gasteiger partial charge in [0.2, 0.25) is 70.9 Å². The molecule has 0 spiro atoms. The Bertz CT molecular complexity index is 3070. The fourth-order valence-corrected chi connectivity index (χ4v) is 12.6. The highest BCUT2D eigenvalue weighted by Crippen LogP contribution is 2.28. The number of primary amides is 2. The van der Waals surface area contributed by atoms with Gasteiger partial charge in [-0.05, 0) is 119 Å². The SMILES string of the molecule is CSCC[C@H](NC(=O)[C@H](CC(C)C)NC(=O)CN(C)C(=O)[C@H](Cc1ccccc1)N(C)C(=O)[C@H](Cc1ccccc1)NC(=O)[C@H](CCC(N)=O)NC(=O)[C@@H]1CCC(=O)N1C(=O)[C@@H]1CCCN1C(=O)[C@H](CCCCN)NC(=O)[C@@H]1CCCN1C(=O)[C@@H](N)CCCN=C(N)N)C(N)=O. The standard InChI is InChI=1S/C65H99N17O13S/c1-39(2)35-46(57(88)74-43(55(69)86)29-34-96-5)73-53(84)38-78(3)63(94)51(37-41-19-10-7-11-20-41)79(4)61(92)47(36-40-17-8-6-9-18-40)77-56(87)44(25-27-52(68)83)75-59(90)49-26-28-54(85)82(49)64(95)50-24-16-33-81(50)62(93)45(22-12-13-30-66)76-58(89)48-23-15-32-80(48)60(91)42(67)21-14-31-72-65(70)71/h6-11,17-20,39,42-51H,12-16,21-38,66-67H2,1-5H3,(H2,68,83)(H2,69,86)(H,73,84)(H,74,88)(H,75,90)(H,76,89)(H,77,87)(H4,70,71,72)/t42-,43-,44-,45-,46-,47-,48-,49-,50-,51-/m0/s1. The number of carbonyl (C=O) groups is 13. The molecule has 10 atom stereocenters. The highest BCUT2D eigenvalue weighted by molar-refractivity contribution is 7.98. The van der Waals surface area contributed by atoms with Crippen LogP contribution in [0.2, 0.25) is 0 Å². The van der Waals surface area contributed by atoms with E-state index in [4.69, 9.17) is 34.4 Å². The number of hydrogen-bond acceptors (Lipinski definition) is 17. The quantitative estimate of drug-likeness (QED) is 0.0146. The Hall–Kier alpha value is -8.71. The van der Waals surface area contributed by atoms with Crippen molar-refractivity contribution < 1.29 is 62.3 Å². The molecule has 0 radical (unpaired) electrons. The van der Waals surface area contributed by atoms with Crippen LogP contribution in [0.5, 0.6) is 0 Å². The summed E-state index contributed by atoms with van der Waals surface area (Å²) in [6.45, 7) is 3.97. The molecular weight excluding hydrogens is 1260 g/mol. The Morgan fingerprint density at radius 2 is 1.22 bits per heavy atom. The molecule has 17 N–H and O–H groups in total. The van der Waals surface area contributed by atoms with Crippen LogP contribution < -0.4 is 61.0 Å². The lowest BCUT2D eigenvalue weighted by molar-refractivity contribution is -0.154. The molecule has 30 nitrogen and oxygen atoms in total. The summed E-state index contributed by atoms with van der Waals surface area (Å²) in [7, 11) is 2.72. The van der Waals surface area contributed by atoms with Crippen molar-refractivity contribution in [2.24, 2.45) is 45.3 Å². The molecule has 5 rings (SSSR count). The van der Waals surface area contributed by atoms with Crippen LogP contribution in [0, 0.1) is 5.92 Å². The van der Waals surface area contributed by atoms with Gasteiger partial charge in [0.25, 0.3) is 5.91 Å². The maximum absolute atomic E-state index is 15.2. The monoisotopic (exact) mass is 1360 g/mol. The summed E-state index contributed by atoms with van der Waals surface area (Å²) in [5, 5.41) is 13.5. The number of likely N-dealkylation sites (tertiary alicyclic amines) is 3. The molecule has 0 aromatic heterocycles. The van der Waals surface area contributed by atoms with Crippen LogP contribution in [0.1, 0.15) is 121 Å². The number of nitrogens with two attached hydrogens (primary N) is 6. The van der Waals surface area contributed by atoms with Gasteiger partial charge >= 0.3 is 0 Å². The summed E-state index contributed by atoms with van der Waals surface area (Å²) in [5.74, 6) is -9.27. The number of carbonyl (C=O) groups excluding carboxylic acids is 13. The Morgan fingerprint density at radius 3 is 1.81 bits per heavy atom. The smallest absolute Gasteiger partial charge is 0.252 e. The lowest BCUT2D eigenvalue weighted by atomic mass is 10.00. The summed E-state index contributed by atoms with van der Waals surface area (Å²) in [4.78, 5) is 192. The van der Waals surface area contributed by atoms with E-state index in [-0.39, 0.29) is 95.8 Å². The van der Waals surface area contributed by atoms with Gasteiger partial charge in [-0.3, -0.25) is 72.2 Å². The van der Waals surface area contributed by atoms with E-state index in [0.29, 0.717) is 55.4 Å². The largest absolute Gasteiger partial charge is 0.370 e. The van der Waals surface area contributed by atoms with E-state index in [1.165, 1.54) is 35.7 Å². The van der Waals surface area contributed by atoms with Crippen LogP contribution in [0.3, 0.4) is 0 Å². The van der Waals surface area contributed by atoms with E-state index in [1.54, 1.807) is 60.7 Å². The molecule has 31 heteroatoms. The van der Waals surface area contributed by atoms with Gasteiger partial charge in [-0.15, -0.1) is 0 Å². The second-order valence-corrected chi connectivity index (χ2v) is 26.1. The first kappa shape index (κ1) is 78.0. The summed E-state index contributed by atoms with van der Waals surface area (Å²) in [6, 6.07) is 4.98. The molecule has 0 aliphatic carbocycles. The Labute approximate surface area is 565 Å². The average molecular weight is 1360 g/mol. The second kappa shape index (κ2) is 38.7. The third kappa shape index (κ3) is 23.3. The first-order valence-electron chi connectivity index (χ1n) is 32.8. The van der Waals surface area contributed by atoms with Crippen LogP contribution >= 0.6 is 11.8 Å². The number of rotatable bonds is 38. The predicted molar refractivity (Wildman–Crippen MR) is 359 cm³/mol. The van der Waals surface area contributed by atoms with E-state index in [2.05, 4.69) is 31.6 Å². The maximum atomic E-state index is 15.2. The van der Waals surface area contributed by atoms with Crippen molar-refractivity contribution in [3.63, 3.8) is 0 Å². The number of guanidine groups is 1. The number of hydrogen-bond donors (Lipinski definition) is 11. The number of unbranched alkanes of at least 4 members (excludes halogenated alkanes) is 1. The van der Waals surface area contributed by atoms with E-state index >= 15 is 4.79 Å². The van der Waals surface area contributed by atoms with Crippen LogP contribution in [0.4, 0.5) is 0 Å². The molecule has 2 aromatic rings. The van der Waals surface area contributed by atoms with E-state index in [9.17, 15) is 57.5 Å². The first-order valence-corrected chi connectivity index (χ1v) is 34.2. The van der Waals surface area contributed by atoms with Crippen LogP contribution in [0.15, 0.2) is 65.7 Å². The third-order valence-electron chi connectivity index (χ3n) is 17.2. The van der Waals surface area contributed by atoms with Crippen LogP contribution in [-0.4, -0.2) is 226 Å². The summed E-state index contributed by atoms with van der Waals surface area (Å²) >= 11 is 1.46. The number of aliphatic imine (C=N–C) groups is 1. The fraction of sp³-hybridized carbons (Fsp3) is 0.600. The molecule has 2 aromatic carbocycles. The normalized spacial score (nSPS) is 18.2. The van der Waals surface area contributed by atoms with Gasteiger partial charge in [0.15, 0.2) is 5.96 Å². The number of nitrogens with one attached hydrogen (secondary N) is 5. The molecule has 0 bridgehead atoms. The summed E-state index contributed by atoms with van der Waals surface area (Å²) < 4.78 is 0. The Balaban J connectivity index is 1.36. The van der Waals surface area contributed by atoms with E-state index in [0.717, 1.165) is 14.7 Å². The van der Waals surface area contributed by atoms with Crippen molar-refractivity contribution in [1.82, 2.24) is 51.1 Å². The number of amides is 13. The number of imide groups is 1. The predicted octanol–water partition coefficient (Wildman–Crippen LogP) is -2.26. The third-order valence-corrected chi connectivity index (χ3v) is 17.9. The van der Waals surface area contributed by atoms with Crippen molar-refractivity contribution in [1.29, 1.82) is 0 Å². The van der Waals surface area contributed by atoms with Crippen LogP contribution in [0.25, 0.3) is 0 Å². The topological polar surface area (TPSA) is 467 Å². The van der Waals surface area contributed by atoms with Gasteiger partial charge in [0, 0.05) is 59.4 Å². The minimum atomic E-state index is -1.61. The maximum Gasteiger partial charge on any atom is 0.252 e. The molecule has 3 aliphatic rings. The molecular formula is C65H99N17O13S. The zero-order valence-electron chi connectivity index (χ0n) is 55.8. The van der Waals surface area contributed by atoms with Crippen molar-refractivity contribution in [3.8, 4) is 0 Å². The van der Waals surface area contributed by atoms with Gasteiger partial charge in [0.1, 0.15) is 54.4 Å². The van der Waals surface area contributed by atoms with Crippen molar-refractivity contribution in [2.75, 3.05) is 58.8 Å². The Kier molecular flexibility index (Phi) is 31.5. The minimum absolute atomic E-state index is 0.0593. The van der Waals surface area contributed by atoms with Gasteiger partial charge < -0.3 is 80.6 Å². The number of thioether (sulfide) groups is 1. The van der Waals surface area contributed by atoms with E-state index < -0.39 is 157 Å². The van der Waals surface area contributed by atoms with Crippen LogP contribution in [-0.2, 0) is 75.2 Å². The fourth-order valence-electron chi connectivity index (χ4n) is 12.1. The van der Waals surface area contributed by atoms with Crippen molar-refractivity contribution in [3.05, 3.63) is 71.8 Å². The summed E-state index contributed by atoms with van der Waals surface area (Å²) in [6.07, 6.45) is 3.63. The molecule has 3 heterocycles. The van der Waals surface area contributed by atoms with Crippen molar-refractivity contribution >= 4 is 94.5 Å². The average Bonchev–Trinajstić information content (AvgIpc) is 1.61. The lowest BCUT2D eigenvalue weighted by Gasteiger charge is -2.34. The lowest BCUT2D eigenvalue weighted by Crippen LogP contribution is -2.60.